The Morgan fingerprint density at radius 1 is 1.33 bits per heavy atom. The third-order valence-corrected chi connectivity index (χ3v) is 3.01. The van der Waals surface area contributed by atoms with Crippen LogP contribution >= 0.6 is 0 Å². The van der Waals surface area contributed by atoms with E-state index in [0.717, 1.165) is 0 Å². The molecular formula is C11H20N2O5. The molecule has 0 aliphatic carbocycles. The number of ether oxygens (including phenoxy) is 2. The molecule has 0 saturated carbocycles. The highest BCUT2D eigenvalue weighted by molar-refractivity contribution is 5.69. The molecule has 1 heterocycles. The van der Waals surface area contributed by atoms with E-state index < -0.39 is 12.2 Å². The Labute approximate surface area is 106 Å². The van der Waals surface area contributed by atoms with Crippen molar-refractivity contribution in [3.8, 4) is 0 Å². The lowest BCUT2D eigenvalue weighted by molar-refractivity contribution is 0.0821. The van der Waals surface area contributed by atoms with Crippen molar-refractivity contribution >= 4 is 12.2 Å². The highest BCUT2D eigenvalue weighted by atomic mass is 16.5. The number of alkyl carbamates (subject to hydrolysis) is 1. The fraction of sp³-hybridized carbons (Fsp3) is 0.818. The van der Waals surface area contributed by atoms with Crippen molar-refractivity contribution in [1.82, 2.24) is 10.2 Å². The second kappa shape index (κ2) is 7.05. The molecule has 0 spiro atoms. The quantitative estimate of drug-likeness (QED) is 0.756. The Hall–Kier alpha value is -1.50. The van der Waals surface area contributed by atoms with E-state index in [1.807, 2.05) is 0 Å². The summed E-state index contributed by atoms with van der Waals surface area (Å²) in [5, 5.41) is 11.6. The van der Waals surface area contributed by atoms with Crippen LogP contribution in [-0.4, -0.2) is 62.2 Å². The van der Waals surface area contributed by atoms with Gasteiger partial charge < -0.3 is 24.8 Å². The second-order valence-electron chi connectivity index (χ2n) is 4.32. The molecule has 7 heteroatoms. The van der Waals surface area contributed by atoms with Crippen molar-refractivity contribution in [2.75, 3.05) is 33.9 Å². The summed E-state index contributed by atoms with van der Waals surface area (Å²) < 4.78 is 9.21. The normalized spacial score (nSPS) is 23.4. The second-order valence-corrected chi connectivity index (χ2v) is 4.32. The number of piperidine rings is 1. The summed E-state index contributed by atoms with van der Waals surface area (Å²) in [6, 6.07) is -0.179. The van der Waals surface area contributed by atoms with Crippen molar-refractivity contribution in [1.29, 1.82) is 0 Å². The standard InChI is InChI=1S/C11H20N2O5/c1-17-10(15)12-9-5-8(3-4-14)6-13(7-9)11(16)18-2/h8-9,14H,3-7H2,1-2H3,(H,12,15). The first-order chi connectivity index (χ1) is 8.60. The molecule has 2 unspecified atom stereocenters. The highest BCUT2D eigenvalue weighted by Gasteiger charge is 2.31. The average molecular weight is 260 g/mol. The van der Waals surface area contributed by atoms with Gasteiger partial charge in [0.05, 0.1) is 20.3 Å². The minimum Gasteiger partial charge on any atom is -0.453 e. The van der Waals surface area contributed by atoms with Gasteiger partial charge in [0.2, 0.25) is 0 Å². The third kappa shape index (κ3) is 4.06. The van der Waals surface area contributed by atoms with Crippen LogP contribution in [0.4, 0.5) is 9.59 Å². The molecule has 2 N–H and O–H groups in total. The zero-order valence-corrected chi connectivity index (χ0v) is 10.7. The van der Waals surface area contributed by atoms with Gasteiger partial charge in [0.25, 0.3) is 0 Å². The third-order valence-electron chi connectivity index (χ3n) is 3.01. The predicted molar refractivity (Wildman–Crippen MR) is 63.1 cm³/mol. The van der Waals surface area contributed by atoms with Gasteiger partial charge in [-0.25, -0.2) is 9.59 Å². The Morgan fingerprint density at radius 3 is 2.61 bits per heavy atom. The van der Waals surface area contributed by atoms with Crippen molar-refractivity contribution in [3.05, 3.63) is 0 Å². The molecule has 2 atom stereocenters. The lowest BCUT2D eigenvalue weighted by Crippen LogP contribution is -2.52. The monoisotopic (exact) mass is 260 g/mol. The van der Waals surface area contributed by atoms with E-state index >= 15 is 0 Å². The number of methoxy groups -OCH3 is 2. The number of nitrogens with one attached hydrogen (secondary N) is 1. The zero-order valence-electron chi connectivity index (χ0n) is 10.7. The first-order valence-corrected chi connectivity index (χ1v) is 5.89. The van der Waals surface area contributed by atoms with E-state index in [4.69, 9.17) is 5.11 Å². The topological polar surface area (TPSA) is 88.1 Å². The number of carbonyl (C=O) groups is 2. The number of amides is 2. The van der Waals surface area contributed by atoms with Gasteiger partial charge in [-0.1, -0.05) is 0 Å². The summed E-state index contributed by atoms with van der Waals surface area (Å²) in [5.41, 5.74) is 0. The Bertz CT molecular complexity index is 297. The molecule has 104 valence electrons. The fourth-order valence-electron chi connectivity index (χ4n) is 2.20. The van der Waals surface area contributed by atoms with E-state index in [1.165, 1.54) is 19.1 Å². The molecule has 0 bridgehead atoms. The number of rotatable bonds is 3. The first-order valence-electron chi connectivity index (χ1n) is 5.89. The largest absolute Gasteiger partial charge is 0.453 e. The number of hydrogen-bond donors (Lipinski definition) is 2. The molecule has 1 rings (SSSR count). The van der Waals surface area contributed by atoms with Crippen LogP contribution in [0.1, 0.15) is 12.8 Å². The number of likely N-dealkylation sites (tertiary alicyclic amines) is 1. The molecule has 0 radical (unpaired) electrons. The van der Waals surface area contributed by atoms with Gasteiger partial charge in [-0.3, -0.25) is 0 Å². The number of hydrogen-bond acceptors (Lipinski definition) is 5. The smallest absolute Gasteiger partial charge is 0.409 e. The minimum absolute atomic E-state index is 0.0601. The molecule has 7 nitrogen and oxygen atoms in total. The van der Waals surface area contributed by atoms with Crippen LogP contribution in [0.5, 0.6) is 0 Å². The summed E-state index contributed by atoms with van der Waals surface area (Å²) in [4.78, 5) is 24.2. The van der Waals surface area contributed by atoms with Crippen molar-refractivity contribution in [2.45, 2.75) is 18.9 Å². The van der Waals surface area contributed by atoms with Crippen molar-refractivity contribution in [2.24, 2.45) is 5.92 Å². The maximum Gasteiger partial charge on any atom is 0.409 e. The maximum atomic E-state index is 11.5. The van der Waals surface area contributed by atoms with Crippen LogP contribution in [-0.2, 0) is 9.47 Å². The Morgan fingerprint density at radius 2 is 2.06 bits per heavy atom. The molecule has 1 fully saturated rings. The molecule has 1 aliphatic heterocycles. The summed E-state index contributed by atoms with van der Waals surface area (Å²) in [7, 11) is 2.61. The van der Waals surface area contributed by atoms with Crippen LogP contribution in [0, 0.1) is 5.92 Å². The van der Waals surface area contributed by atoms with Crippen molar-refractivity contribution < 1.29 is 24.2 Å². The molecular weight excluding hydrogens is 240 g/mol. The number of nitrogens with zero attached hydrogens (tertiary/aromatic N) is 1. The molecule has 1 saturated heterocycles. The van der Waals surface area contributed by atoms with Gasteiger partial charge in [-0.05, 0) is 18.8 Å². The molecule has 18 heavy (non-hydrogen) atoms. The van der Waals surface area contributed by atoms with Gasteiger partial charge in [-0.2, -0.15) is 0 Å². The van der Waals surface area contributed by atoms with E-state index in [0.29, 0.717) is 25.9 Å². The summed E-state index contributed by atoms with van der Waals surface area (Å²) in [6.45, 7) is 0.987. The van der Waals surface area contributed by atoms with Crippen LogP contribution in [0.25, 0.3) is 0 Å². The molecule has 1 aliphatic rings. The zero-order chi connectivity index (χ0) is 13.5. The van der Waals surface area contributed by atoms with Crippen LogP contribution in [0.2, 0.25) is 0 Å². The molecule has 2 amide bonds. The van der Waals surface area contributed by atoms with Gasteiger partial charge in [0.1, 0.15) is 0 Å². The molecule has 0 aromatic heterocycles. The van der Waals surface area contributed by atoms with Crippen molar-refractivity contribution in [3.63, 3.8) is 0 Å². The van der Waals surface area contributed by atoms with Crippen LogP contribution in [0.15, 0.2) is 0 Å². The highest BCUT2D eigenvalue weighted by Crippen LogP contribution is 2.20. The molecule has 0 aromatic rings. The summed E-state index contributed by atoms with van der Waals surface area (Å²) >= 11 is 0. The minimum atomic E-state index is -0.519. The Kier molecular flexibility index (Phi) is 5.70. The summed E-state index contributed by atoms with van der Waals surface area (Å²) in [5.74, 6) is 0.144. The number of aliphatic hydroxyl groups is 1. The lowest BCUT2D eigenvalue weighted by atomic mass is 9.92. The lowest BCUT2D eigenvalue weighted by Gasteiger charge is -2.36. The van der Waals surface area contributed by atoms with E-state index in [-0.39, 0.29) is 18.6 Å². The van der Waals surface area contributed by atoms with E-state index in [1.54, 1.807) is 0 Å². The average Bonchev–Trinajstić information content (AvgIpc) is 2.37. The maximum absolute atomic E-state index is 11.5. The number of aliphatic hydroxyl groups excluding tert-OH is 1. The summed E-state index contributed by atoms with van der Waals surface area (Å²) in [6.07, 6.45) is 0.361. The first kappa shape index (κ1) is 14.6. The SMILES string of the molecule is COC(=O)NC1CC(CCO)CN(C(=O)OC)C1. The Balaban J connectivity index is 2.61. The van der Waals surface area contributed by atoms with Gasteiger partial charge in [-0.15, -0.1) is 0 Å². The fourth-order valence-corrected chi connectivity index (χ4v) is 2.20. The van der Waals surface area contributed by atoms with Crippen LogP contribution in [0.3, 0.4) is 0 Å². The van der Waals surface area contributed by atoms with Gasteiger partial charge in [0, 0.05) is 19.7 Å². The van der Waals surface area contributed by atoms with Crippen LogP contribution < -0.4 is 5.32 Å². The number of carbonyl (C=O) groups excluding carboxylic acids is 2. The van der Waals surface area contributed by atoms with E-state index in [9.17, 15) is 9.59 Å². The van der Waals surface area contributed by atoms with E-state index in [2.05, 4.69) is 14.8 Å². The van der Waals surface area contributed by atoms with Gasteiger partial charge in [0.15, 0.2) is 0 Å². The predicted octanol–water partition coefficient (Wildman–Crippen LogP) is 0.182. The molecule has 0 aromatic carbocycles. The van der Waals surface area contributed by atoms with Gasteiger partial charge >= 0.3 is 12.2 Å².